The molecule has 1 saturated heterocycles. The minimum absolute atomic E-state index is 0.00778. The Morgan fingerprint density at radius 1 is 1.24 bits per heavy atom. The lowest BCUT2D eigenvalue weighted by atomic mass is 9.72. The maximum absolute atomic E-state index is 13.7. The summed E-state index contributed by atoms with van der Waals surface area (Å²) in [5.74, 6) is -1.30. The van der Waals surface area contributed by atoms with Crippen molar-refractivity contribution in [1.82, 2.24) is 5.32 Å². The Kier molecular flexibility index (Phi) is 6.17. The summed E-state index contributed by atoms with van der Waals surface area (Å²) in [7, 11) is 0. The topological polar surface area (TPSA) is 64.6 Å². The molecule has 1 aromatic heterocycles. The van der Waals surface area contributed by atoms with Gasteiger partial charge in [0.2, 0.25) is 0 Å². The number of halogens is 1. The maximum atomic E-state index is 13.7. The van der Waals surface area contributed by atoms with Crippen LogP contribution in [0.4, 0.5) is 4.39 Å². The number of rotatable bonds is 5. The second kappa shape index (κ2) is 9.23. The number of carbonyl (C=O) groups is 2. The van der Waals surface area contributed by atoms with Crippen LogP contribution in [0.3, 0.4) is 0 Å². The molecule has 0 bridgehead atoms. The second-order valence-corrected chi connectivity index (χ2v) is 9.80. The van der Waals surface area contributed by atoms with Crippen LogP contribution in [0.15, 0.2) is 64.3 Å². The van der Waals surface area contributed by atoms with Crippen LogP contribution in [-0.4, -0.2) is 31.1 Å². The van der Waals surface area contributed by atoms with Crippen LogP contribution in [0.1, 0.15) is 54.9 Å². The van der Waals surface area contributed by atoms with Crippen LogP contribution >= 0.6 is 11.3 Å². The molecule has 0 unspecified atom stereocenters. The molecule has 5 rings (SSSR count). The number of carbonyl (C=O) groups excluding carboxylic acids is 2. The summed E-state index contributed by atoms with van der Waals surface area (Å²) in [6.45, 7) is 2.70. The highest BCUT2D eigenvalue weighted by molar-refractivity contribution is 7.10. The van der Waals surface area contributed by atoms with E-state index in [1.807, 2.05) is 18.4 Å². The van der Waals surface area contributed by atoms with E-state index in [0.717, 1.165) is 18.5 Å². The average molecular weight is 468 g/mol. The van der Waals surface area contributed by atoms with Crippen LogP contribution in [0.5, 0.6) is 0 Å². The number of nitrogens with one attached hydrogen (secondary N) is 1. The first kappa shape index (κ1) is 22.0. The fourth-order valence-corrected chi connectivity index (χ4v) is 5.88. The zero-order valence-corrected chi connectivity index (χ0v) is 19.3. The number of ketones is 1. The third-order valence-corrected chi connectivity index (χ3v) is 7.66. The zero-order chi connectivity index (χ0) is 22.9. The van der Waals surface area contributed by atoms with Gasteiger partial charge < -0.3 is 14.8 Å². The molecule has 2 aliphatic heterocycles. The maximum Gasteiger partial charge on any atom is 0.336 e. The van der Waals surface area contributed by atoms with Gasteiger partial charge >= 0.3 is 5.97 Å². The number of Topliss-reactive ketones (excluding diaryl/α,β-unsaturated/α-hetero) is 1. The molecule has 3 aliphatic rings. The SMILES string of the molecule is CC1=C(C(=O)OC[C@@H]2CCCO2)[C@H](c2ccc(F)cc2)C2=C(C[C@@H](c3cccs3)CC2=O)N1. The number of hydrogen-bond donors (Lipinski definition) is 1. The number of dihydropyridines is 1. The van der Waals surface area contributed by atoms with E-state index in [-0.39, 0.29) is 30.2 Å². The smallest absolute Gasteiger partial charge is 0.336 e. The molecule has 1 fully saturated rings. The van der Waals surface area contributed by atoms with Crippen molar-refractivity contribution >= 4 is 23.1 Å². The van der Waals surface area contributed by atoms with E-state index in [9.17, 15) is 14.0 Å². The largest absolute Gasteiger partial charge is 0.459 e. The third-order valence-electron chi connectivity index (χ3n) is 6.62. The predicted octanol–water partition coefficient (Wildman–Crippen LogP) is 4.97. The molecule has 172 valence electrons. The number of allylic oxidation sites excluding steroid dienone is 3. The van der Waals surface area contributed by atoms with E-state index < -0.39 is 11.9 Å². The van der Waals surface area contributed by atoms with Crippen molar-refractivity contribution in [3.8, 4) is 0 Å². The first-order valence-corrected chi connectivity index (χ1v) is 12.2. The molecule has 0 amide bonds. The summed E-state index contributed by atoms with van der Waals surface area (Å²) in [5, 5.41) is 5.37. The van der Waals surface area contributed by atoms with Crippen LogP contribution in [-0.2, 0) is 19.1 Å². The number of ether oxygens (including phenoxy) is 2. The molecule has 33 heavy (non-hydrogen) atoms. The summed E-state index contributed by atoms with van der Waals surface area (Å²) < 4.78 is 24.9. The Bertz CT molecular complexity index is 1110. The molecule has 0 spiro atoms. The second-order valence-electron chi connectivity index (χ2n) is 8.82. The van der Waals surface area contributed by atoms with Gasteiger partial charge in [0.05, 0.1) is 11.7 Å². The lowest BCUT2D eigenvalue weighted by molar-refractivity contribution is -0.142. The number of esters is 1. The minimum atomic E-state index is -0.587. The first-order chi connectivity index (χ1) is 16.0. The average Bonchev–Trinajstić information content (AvgIpc) is 3.51. The Morgan fingerprint density at radius 3 is 2.76 bits per heavy atom. The van der Waals surface area contributed by atoms with Gasteiger partial charge in [-0.25, -0.2) is 9.18 Å². The summed E-state index contributed by atoms with van der Waals surface area (Å²) in [4.78, 5) is 27.9. The molecule has 2 aromatic rings. The van der Waals surface area contributed by atoms with Crippen LogP contribution < -0.4 is 5.32 Å². The van der Waals surface area contributed by atoms with Gasteiger partial charge in [0, 0.05) is 46.7 Å². The molecule has 7 heteroatoms. The van der Waals surface area contributed by atoms with Gasteiger partial charge in [-0.05, 0) is 55.3 Å². The molecular weight excluding hydrogens is 441 g/mol. The Hall–Kier alpha value is -2.77. The first-order valence-electron chi connectivity index (χ1n) is 11.3. The predicted molar refractivity (Wildman–Crippen MR) is 123 cm³/mol. The van der Waals surface area contributed by atoms with E-state index in [0.29, 0.717) is 41.9 Å². The Morgan fingerprint density at radius 2 is 2.06 bits per heavy atom. The monoisotopic (exact) mass is 467 g/mol. The van der Waals surface area contributed by atoms with Crippen molar-refractivity contribution in [1.29, 1.82) is 0 Å². The third kappa shape index (κ3) is 4.39. The molecule has 0 saturated carbocycles. The van der Waals surface area contributed by atoms with Gasteiger partial charge in [-0.2, -0.15) is 0 Å². The molecule has 3 atom stereocenters. The normalized spacial score (nSPS) is 25.2. The van der Waals surface area contributed by atoms with Crippen molar-refractivity contribution in [2.45, 2.75) is 50.5 Å². The Balaban J connectivity index is 1.50. The fraction of sp³-hybridized carbons (Fsp3) is 0.385. The molecule has 3 heterocycles. The highest BCUT2D eigenvalue weighted by atomic mass is 32.1. The van der Waals surface area contributed by atoms with Crippen LogP contribution in [0.2, 0.25) is 0 Å². The van der Waals surface area contributed by atoms with E-state index >= 15 is 0 Å². The van der Waals surface area contributed by atoms with Gasteiger partial charge in [0.25, 0.3) is 0 Å². The van der Waals surface area contributed by atoms with Crippen LogP contribution in [0, 0.1) is 5.82 Å². The molecule has 1 aliphatic carbocycles. The van der Waals surface area contributed by atoms with Gasteiger partial charge in [0.15, 0.2) is 5.78 Å². The summed E-state index contributed by atoms with van der Waals surface area (Å²) in [6.07, 6.45) is 2.81. The molecular formula is C26H26FNO4S. The van der Waals surface area contributed by atoms with Crippen molar-refractivity contribution < 1.29 is 23.5 Å². The van der Waals surface area contributed by atoms with E-state index in [1.165, 1.54) is 17.0 Å². The Labute approximate surface area is 196 Å². The number of benzene rings is 1. The van der Waals surface area contributed by atoms with Gasteiger partial charge in [-0.1, -0.05) is 18.2 Å². The van der Waals surface area contributed by atoms with Crippen molar-refractivity contribution in [3.63, 3.8) is 0 Å². The molecule has 1 aromatic carbocycles. The number of thiophene rings is 1. The van der Waals surface area contributed by atoms with Gasteiger partial charge in [-0.15, -0.1) is 11.3 Å². The highest BCUT2D eigenvalue weighted by Gasteiger charge is 2.41. The minimum Gasteiger partial charge on any atom is -0.459 e. The fourth-order valence-electron chi connectivity index (χ4n) is 5.05. The molecule has 1 N–H and O–H groups in total. The van der Waals surface area contributed by atoms with E-state index in [2.05, 4.69) is 11.4 Å². The van der Waals surface area contributed by atoms with Gasteiger partial charge in [-0.3, -0.25) is 4.79 Å². The summed E-state index contributed by atoms with van der Waals surface area (Å²) in [5.41, 5.74) is 3.20. The van der Waals surface area contributed by atoms with Crippen molar-refractivity contribution in [3.05, 3.63) is 80.6 Å². The molecule has 5 nitrogen and oxygen atoms in total. The van der Waals surface area contributed by atoms with Crippen molar-refractivity contribution in [2.75, 3.05) is 13.2 Å². The van der Waals surface area contributed by atoms with E-state index in [4.69, 9.17) is 9.47 Å². The standard InChI is InChI=1S/C26H26FNO4S/c1-15-23(26(30)32-14-19-4-2-10-31-19)24(16-6-8-18(27)9-7-16)25-20(28-15)12-17(13-21(25)29)22-5-3-11-33-22/h3,5-9,11,17,19,24,28H,2,4,10,12-14H2,1H3/t17-,19+,24+/m1/s1. The lowest BCUT2D eigenvalue weighted by Crippen LogP contribution is -2.36. The summed E-state index contributed by atoms with van der Waals surface area (Å²) >= 11 is 1.65. The number of hydrogen-bond acceptors (Lipinski definition) is 6. The van der Waals surface area contributed by atoms with Crippen molar-refractivity contribution in [2.24, 2.45) is 0 Å². The quantitative estimate of drug-likeness (QED) is 0.629. The lowest BCUT2D eigenvalue weighted by Gasteiger charge is -2.36. The molecule has 0 radical (unpaired) electrons. The van der Waals surface area contributed by atoms with Gasteiger partial charge in [0.1, 0.15) is 12.4 Å². The summed E-state index contributed by atoms with van der Waals surface area (Å²) in [6, 6.07) is 10.1. The van der Waals surface area contributed by atoms with Crippen LogP contribution in [0.25, 0.3) is 0 Å². The zero-order valence-electron chi connectivity index (χ0n) is 18.4. The van der Waals surface area contributed by atoms with E-state index in [1.54, 1.807) is 23.5 Å². The highest BCUT2D eigenvalue weighted by Crippen LogP contribution is 2.46.